The lowest BCUT2D eigenvalue weighted by Crippen LogP contribution is -2.32. The van der Waals surface area contributed by atoms with Gasteiger partial charge in [0.05, 0.1) is 18.0 Å². The van der Waals surface area contributed by atoms with E-state index in [-0.39, 0.29) is 29.5 Å². The first-order valence-corrected chi connectivity index (χ1v) is 10.9. The van der Waals surface area contributed by atoms with E-state index < -0.39 is 10.0 Å². The summed E-state index contributed by atoms with van der Waals surface area (Å²) >= 11 is 0. The Hall–Kier alpha value is -2.58. The van der Waals surface area contributed by atoms with Gasteiger partial charge in [-0.15, -0.1) is 0 Å². The molecule has 0 heterocycles. The van der Waals surface area contributed by atoms with Crippen LogP contribution in [0.4, 0.5) is 0 Å². The minimum Gasteiger partial charge on any atom is -0.497 e. The first-order valence-electron chi connectivity index (χ1n) is 9.43. The van der Waals surface area contributed by atoms with Gasteiger partial charge in [-0.3, -0.25) is 4.79 Å². The van der Waals surface area contributed by atoms with Crippen molar-refractivity contribution in [3.63, 3.8) is 0 Å². The third-order valence-corrected chi connectivity index (χ3v) is 6.07. The lowest BCUT2D eigenvalue weighted by molar-refractivity contribution is -0.123. The second-order valence-corrected chi connectivity index (χ2v) is 8.47. The minimum atomic E-state index is -3.57. The van der Waals surface area contributed by atoms with Crippen LogP contribution in [0.5, 0.6) is 11.5 Å². The topological polar surface area (TPSA) is 93.7 Å². The molecule has 1 amide bonds. The number of hydrogen-bond donors (Lipinski definition) is 2. The fourth-order valence-electron chi connectivity index (χ4n) is 2.54. The first kappa shape index (κ1) is 22.7. The summed E-state index contributed by atoms with van der Waals surface area (Å²) in [7, 11) is -1.97. The highest BCUT2D eigenvalue weighted by atomic mass is 32.2. The Balaban J connectivity index is 1.88. The Kier molecular flexibility index (Phi) is 8.04. The van der Waals surface area contributed by atoms with Crippen molar-refractivity contribution >= 4 is 15.9 Å². The van der Waals surface area contributed by atoms with Gasteiger partial charge in [-0.25, -0.2) is 13.1 Å². The van der Waals surface area contributed by atoms with Gasteiger partial charge in [-0.2, -0.15) is 0 Å². The summed E-state index contributed by atoms with van der Waals surface area (Å²) in [5, 5.41) is 2.86. The summed E-state index contributed by atoms with van der Waals surface area (Å²) in [6, 6.07) is 13.1. The van der Waals surface area contributed by atoms with Crippen LogP contribution < -0.4 is 19.5 Å². The Morgan fingerprint density at radius 1 is 1.00 bits per heavy atom. The molecule has 0 saturated heterocycles. The summed E-state index contributed by atoms with van der Waals surface area (Å²) in [4.78, 5) is 12.3. The van der Waals surface area contributed by atoms with E-state index in [0.717, 1.165) is 11.3 Å². The molecular weight excluding hydrogens is 392 g/mol. The molecule has 0 aliphatic carbocycles. The maximum absolute atomic E-state index is 12.3. The largest absolute Gasteiger partial charge is 0.497 e. The number of ether oxygens (including phenoxy) is 2. The van der Waals surface area contributed by atoms with Crippen LogP contribution in [-0.4, -0.2) is 34.1 Å². The third kappa shape index (κ3) is 6.76. The van der Waals surface area contributed by atoms with E-state index in [0.29, 0.717) is 12.2 Å². The molecule has 29 heavy (non-hydrogen) atoms. The van der Waals surface area contributed by atoms with Gasteiger partial charge >= 0.3 is 0 Å². The van der Waals surface area contributed by atoms with Gasteiger partial charge in [-0.05, 0) is 62.2 Å². The second kappa shape index (κ2) is 10.3. The molecule has 0 spiro atoms. The van der Waals surface area contributed by atoms with Crippen molar-refractivity contribution in [3.8, 4) is 11.5 Å². The highest BCUT2D eigenvalue weighted by Crippen LogP contribution is 2.18. The van der Waals surface area contributed by atoms with Gasteiger partial charge in [0.15, 0.2) is 6.61 Å². The van der Waals surface area contributed by atoms with Crippen LogP contribution in [0.25, 0.3) is 0 Å². The molecule has 0 saturated carbocycles. The van der Waals surface area contributed by atoms with Crippen LogP contribution in [0.15, 0.2) is 53.4 Å². The standard InChI is InChI=1S/C21H28N2O5S/c1-5-15(2)23-29(25,26)20-12-10-19(11-13-20)28-14-21(24)22-16(3)17-6-8-18(27-4)9-7-17/h6-13,15-16,23H,5,14H2,1-4H3,(H,22,24)/t15-,16-/m1/s1. The van der Waals surface area contributed by atoms with Crippen molar-refractivity contribution in [1.82, 2.24) is 10.0 Å². The molecule has 0 fully saturated rings. The average Bonchev–Trinajstić information content (AvgIpc) is 2.72. The monoisotopic (exact) mass is 420 g/mol. The third-order valence-electron chi connectivity index (χ3n) is 4.47. The Bertz CT molecular complexity index is 896. The van der Waals surface area contributed by atoms with Crippen LogP contribution in [0.1, 0.15) is 38.8 Å². The molecule has 0 aliphatic heterocycles. The summed E-state index contributed by atoms with van der Waals surface area (Å²) in [6.45, 7) is 5.42. The number of rotatable bonds is 10. The molecule has 2 atom stereocenters. The van der Waals surface area contributed by atoms with Crippen LogP contribution in [0.2, 0.25) is 0 Å². The number of methoxy groups -OCH3 is 1. The molecule has 0 aromatic heterocycles. The number of nitrogens with one attached hydrogen (secondary N) is 2. The molecule has 0 unspecified atom stereocenters. The van der Waals surface area contributed by atoms with Crippen LogP contribution in [-0.2, 0) is 14.8 Å². The van der Waals surface area contributed by atoms with Crippen molar-refractivity contribution in [2.24, 2.45) is 0 Å². The molecule has 158 valence electrons. The molecule has 0 radical (unpaired) electrons. The van der Waals surface area contributed by atoms with Crippen molar-refractivity contribution < 1.29 is 22.7 Å². The van der Waals surface area contributed by atoms with Gasteiger partial charge in [0.25, 0.3) is 5.91 Å². The zero-order valence-electron chi connectivity index (χ0n) is 17.1. The van der Waals surface area contributed by atoms with Crippen molar-refractivity contribution in [2.75, 3.05) is 13.7 Å². The Morgan fingerprint density at radius 2 is 1.59 bits per heavy atom. The molecular formula is C21H28N2O5S. The summed E-state index contributed by atoms with van der Waals surface area (Å²) in [6.07, 6.45) is 0.699. The van der Waals surface area contributed by atoms with Gasteiger partial charge < -0.3 is 14.8 Å². The molecule has 2 N–H and O–H groups in total. The molecule has 8 heteroatoms. The molecule has 0 bridgehead atoms. The van der Waals surface area contributed by atoms with E-state index in [9.17, 15) is 13.2 Å². The quantitative estimate of drug-likeness (QED) is 0.616. The minimum absolute atomic E-state index is 0.146. The first-order chi connectivity index (χ1) is 13.7. The molecule has 0 aliphatic rings. The second-order valence-electron chi connectivity index (χ2n) is 6.75. The average molecular weight is 421 g/mol. The van der Waals surface area contributed by atoms with Gasteiger partial charge in [0, 0.05) is 6.04 Å². The lowest BCUT2D eigenvalue weighted by atomic mass is 10.1. The fraction of sp³-hybridized carbons (Fsp3) is 0.381. The van der Waals surface area contributed by atoms with E-state index in [4.69, 9.17) is 9.47 Å². The molecule has 2 aromatic carbocycles. The van der Waals surface area contributed by atoms with E-state index in [1.54, 1.807) is 14.0 Å². The number of amides is 1. The summed E-state index contributed by atoms with van der Waals surface area (Å²) in [5.41, 5.74) is 0.947. The van der Waals surface area contributed by atoms with Crippen molar-refractivity contribution in [3.05, 3.63) is 54.1 Å². The maximum atomic E-state index is 12.3. The number of sulfonamides is 1. The smallest absolute Gasteiger partial charge is 0.258 e. The number of carbonyl (C=O) groups is 1. The highest BCUT2D eigenvalue weighted by molar-refractivity contribution is 7.89. The van der Waals surface area contributed by atoms with Gasteiger partial charge in [0.2, 0.25) is 10.0 Å². The normalized spacial score (nSPS) is 13.4. The van der Waals surface area contributed by atoms with Crippen molar-refractivity contribution in [1.29, 1.82) is 0 Å². The van der Waals surface area contributed by atoms with Crippen LogP contribution >= 0.6 is 0 Å². The van der Waals surface area contributed by atoms with Crippen molar-refractivity contribution in [2.45, 2.75) is 44.2 Å². The van der Waals surface area contributed by atoms with Gasteiger partial charge in [-0.1, -0.05) is 19.1 Å². The molecule has 2 rings (SSSR count). The zero-order chi connectivity index (χ0) is 21.4. The maximum Gasteiger partial charge on any atom is 0.258 e. The molecule has 2 aromatic rings. The molecule has 7 nitrogen and oxygen atoms in total. The van der Waals surface area contributed by atoms with Crippen LogP contribution in [0.3, 0.4) is 0 Å². The van der Waals surface area contributed by atoms with Crippen LogP contribution in [0, 0.1) is 0 Å². The fourth-order valence-corrected chi connectivity index (χ4v) is 3.87. The zero-order valence-corrected chi connectivity index (χ0v) is 18.0. The van der Waals surface area contributed by atoms with E-state index in [1.807, 2.05) is 38.1 Å². The SMILES string of the molecule is CC[C@@H](C)NS(=O)(=O)c1ccc(OCC(=O)N[C@H](C)c2ccc(OC)cc2)cc1. The van der Waals surface area contributed by atoms with E-state index in [1.165, 1.54) is 24.3 Å². The van der Waals surface area contributed by atoms with Gasteiger partial charge in [0.1, 0.15) is 11.5 Å². The predicted octanol–water partition coefficient (Wildman–Crippen LogP) is 3.03. The number of carbonyl (C=O) groups excluding carboxylic acids is 1. The number of benzene rings is 2. The Morgan fingerprint density at radius 3 is 2.14 bits per heavy atom. The number of hydrogen-bond acceptors (Lipinski definition) is 5. The predicted molar refractivity (Wildman–Crippen MR) is 112 cm³/mol. The highest BCUT2D eigenvalue weighted by Gasteiger charge is 2.16. The summed E-state index contributed by atoms with van der Waals surface area (Å²) in [5.74, 6) is 0.892. The lowest BCUT2D eigenvalue weighted by Gasteiger charge is -2.15. The van der Waals surface area contributed by atoms with E-state index >= 15 is 0 Å². The Labute approximate surface area is 172 Å². The van der Waals surface area contributed by atoms with E-state index in [2.05, 4.69) is 10.0 Å². The summed E-state index contributed by atoms with van der Waals surface area (Å²) < 4.78 is 37.7.